The maximum atomic E-state index is 10.7. The number of sulfonamides is 1. The van der Waals surface area contributed by atoms with Crippen LogP contribution >= 0.6 is 0 Å². The Labute approximate surface area is 99.0 Å². The van der Waals surface area contributed by atoms with E-state index in [0.717, 1.165) is 24.9 Å². The molecule has 1 aliphatic carbocycles. The van der Waals surface area contributed by atoms with Gasteiger partial charge in [-0.15, -0.1) is 0 Å². The van der Waals surface area contributed by atoms with Crippen LogP contribution in [0.3, 0.4) is 0 Å². The SMILES string of the molecule is CC1CCC(CNCCCS(N)(=O)=O)CC1. The lowest BCUT2D eigenvalue weighted by Crippen LogP contribution is -2.28. The molecule has 3 N–H and O–H groups in total. The third kappa shape index (κ3) is 6.45. The molecule has 0 saturated heterocycles. The first-order valence-electron chi connectivity index (χ1n) is 6.18. The van der Waals surface area contributed by atoms with Gasteiger partial charge in [0, 0.05) is 0 Å². The lowest BCUT2D eigenvalue weighted by atomic mass is 9.83. The van der Waals surface area contributed by atoms with Gasteiger partial charge < -0.3 is 5.32 Å². The van der Waals surface area contributed by atoms with Crippen molar-refractivity contribution in [2.45, 2.75) is 39.0 Å². The van der Waals surface area contributed by atoms with Crippen molar-refractivity contribution in [3.63, 3.8) is 0 Å². The van der Waals surface area contributed by atoms with Crippen molar-refractivity contribution in [3.8, 4) is 0 Å². The highest BCUT2D eigenvalue weighted by molar-refractivity contribution is 7.89. The van der Waals surface area contributed by atoms with Gasteiger partial charge in [-0.25, -0.2) is 13.6 Å². The van der Waals surface area contributed by atoms with Gasteiger partial charge >= 0.3 is 0 Å². The summed E-state index contributed by atoms with van der Waals surface area (Å²) in [5.74, 6) is 1.76. The quantitative estimate of drug-likeness (QED) is 0.691. The first-order valence-corrected chi connectivity index (χ1v) is 7.90. The van der Waals surface area contributed by atoms with Gasteiger partial charge in [0.15, 0.2) is 0 Å². The molecule has 1 fully saturated rings. The van der Waals surface area contributed by atoms with Crippen LogP contribution in [0, 0.1) is 11.8 Å². The predicted octanol–water partition coefficient (Wildman–Crippen LogP) is 1.08. The fourth-order valence-corrected chi connectivity index (χ4v) is 2.78. The molecule has 1 rings (SSSR count). The van der Waals surface area contributed by atoms with Crippen LogP contribution in [0.4, 0.5) is 0 Å². The third-order valence-electron chi connectivity index (χ3n) is 3.35. The number of primary sulfonamides is 1. The van der Waals surface area contributed by atoms with E-state index in [0.29, 0.717) is 6.42 Å². The lowest BCUT2D eigenvalue weighted by Gasteiger charge is -2.26. The van der Waals surface area contributed by atoms with Crippen molar-refractivity contribution in [3.05, 3.63) is 0 Å². The molecule has 0 spiro atoms. The van der Waals surface area contributed by atoms with E-state index in [1.54, 1.807) is 0 Å². The standard InChI is InChI=1S/C11H24N2O2S/c1-10-3-5-11(6-4-10)9-13-7-2-8-16(12,14)15/h10-11,13H,2-9H2,1H3,(H2,12,14,15). The Bertz CT molecular complexity index is 282. The smallest absolute Gasteiger partial charge is 0.209 e. The maximum Gasteiger partial charge on any atom is 0.209 e. The minimum Gasteiger partial charge on any atom is -0.316 e. The Morgan fingerprint density at radius 1 is 1.25 bits per heavy atom. The Balaban J connectivity index is 1.99. The van der Waals surface area contributed by atoms with Crippen LogP contribution in [-0.2, 0) is 10.0 Å². The first kappa shape index (κ1) is 13.9. The van der Waals surface area contributed by atoms with Crippen LogP contribution in [0.15, 0.2) is 0 Å². The highest BCUT2D eigenvalue weighted by Crippen LogP contribution is 2.27. The molecule has 0 atom stereocenters. The van der Waals surface area contributed by atoms with Crippen molar-refractivity contribution in [2.75, 3.05) is 18.8 Å². The number of nitrogens with one attached hydrogen (secondary N) is 1. The molecule has 4 nitrogen and oxygen atoms in total. The van der Waals surface area contributed by atoms with Crippen LogP contribution in [-0.4, -0.2) is 27.3 Å². The van der Waals surface area contributed by atoms with Crippen LogP contribution in [0.25, 0.3) is 0 Å². The van der Waals surface area contributed by atoms with Gasteiger partial charge in [0.25, 0.3) is 0 Å². The highest BCUT2D eigenvalue weighted by Gasteiger charge is 2.17. The average Bonchev–Trinajstić information content (AvgIpc) is 2.19. The van der Waals surface area contributed by atoms with Crippen LogP contribution in [0.2, 0.25) is 0 Å². The summed E-state index contributed by atoms with van der Waals surface area (Å²) in [7, 11) is -3.28. The molecule has 0 amide bonds. The van der Waals surface area contributed by atoms with E-state index in [9.17, 15) is 8.42 Å². The predicted molar refractivity (Wildman–Crippen MR) is 66.6 cm³/mol. The van der Waals surface area contributed by atoms with E-state index in [1.165, 1.54) is 25.7 Å². The summed E-state index contributed by atoms with van der Waals surface area (Å²) in [6.07, 6.45) is 5.90. The zero-order chi connectivity index (χ0) is 12.0. The molecule has 0 aromatic rings. The highest BCUT2D eigenvalue weighted by atomic mass is 32.2. The summed E-state index contributed by atoms with van der Waals surface area (Å²) >= 11 is 0. The van der Waals surface area contributed by atoms with E-state index in [4.69, 9.17) is 5.14 Å². The molecular weight excluding hydrogens is 224 g/mol. The van der Waals surface area contributed by atoms with Crippen molar-refractivity contribution in [2.24, 2.45) is 17.0 Å². The van der Waals surface area contributed by atoms with Gasteiger partial charge in [-0.05, 0) is 44.2 Å². The summed E-state index contributed by atoms with van der Waals surface area (Å²) < 4.78 is 21.4. The average molecular weight is 248 g/mol. The zero-order valence-electron chi connectivity index (χ0n) is 10.1. The normalized spacial score (nSPS) is 26.9. The Hall–Kier alpha value is -0.130. The number of hydrogen-bond acceptors (Lipinski definition) is 3. The number of nitrogens with two attached hydrogens (primary N) is 1. The fourth-order valence-electron chi connectivity index (χ4n) is 2.24. The van der Waals surface area contributed by atoms with Crippen molar-refractivity contribution in [1.29, 1.82) is 0 Å². The monoisotopic (exact) mass is 248 g/mol. The van der Waals surface area contributed by atoms with Crippen LogP contribution in [0.1, 0.15) is 39.0 Å². The zero-order valence-corrected chi connectivity index (χ0v) is 10.9. The summed E-state index contributed by atoms with van der Waals surface area (Å²) in [6, 6.07) is 0. The van der Waals surface area contributed by atoms with Crippen molar-refractivity contribution in [1.82, 2.24) is 5.32 Å². The molecule has 0 radical (unpaired) electrons. The second-order valence-corrected chi connectivity index (χ2v) is 6.78. The molecule has 1 aliphatic rings. The van der Waals surface area contributed by atoms with E-state index < -0.39 is 10.0 Å². The largest absolute Gasteiger partial charge is 0.316 e. The molecule has 96 valence electrons. The molecule has 0 bridgehead atoms. The van der Waals surface area contributed by atoms with Crippen molar-refractivity contribution < 1.29 is 8.42 Å². The lowest BCUT2D eigenvalue weighted by molar-refractivity contribution is 0.282. The van der Waals surface area contributed by atoms with Gasteiger partial charge in [-0.3, -0.25) is 0 Å². The number of rotatable bonds is 6. The molecule has 0 heterocycles. The molecule has 5 heteroatoms. The third-order valence-corrected chi connectivity index (χ3v) is 4.21. The van der Waals surface area contributed by atoms with Crippen LogP contribution < -0.4 is 10.5 Å². The topological polar surface area (TPSA) is 72.2 Å². The molecule has 0 aliphatic heterocycles. The maximum absolute atomic E-state index is 10.7. The van der Waals surface area contributed by atoms with E-state index in [1.807, 2.05) is 0 Å². The second kappa shape index (κ2) is 6.57. The van der Waals surface area contributed by atoms with Gasteiger partial charge in [-0.2, -0.15) is 0 Å². The summed E-state index contributed by atoms with van der Waals surface area (Å²) in [5, 5.41) is 8.24. The number of hydrogen-bond donors (Lipinski definition) is 2. The molecule has 0 unspecified atom stereocenters. The second-order valence-electron chi connectivity index (χ2n) is 5.05. The van der Waals surface area contributed by atoms with Gasteiger partial charge in [0.2, 0.25) is 10.0 Å². The van der Waals surface area contributed by atoms with Crippen LogP contribution in [0.5, 0.6) is 0 Å². The molecule has 1 saturated carbocycles. The van der Waals surface area contributed by atoms with Gasteiger partial charge in [0.1, 0.15) is 0 Å². The molecule has 0 aromatic heterocycles. The van der Waals surface area contributed by atoms with Crippen molar-refractivity contribution >= 4 is 10.0 Å². The summed E-state index contributed by atoms with van der Waals surface area (Å²) in [6.45, 7) is 4.09. The minimum absolute atomic E-state index is 0.0850. The molecular formula is C11H24N2O2S. The minimum atomic E-state index is -3.28. The Morgan fingerprint density at radius 2 is 1.88 bits per heavy atom. The fraction of sp³-hybridized carbons (Fsp3) is 1.00. The van der Waals surface area contributed by atoms with Gasteiger partial charge in [0.05, 0.1) is 5.75 Å². The Kier molecular flexibility index (Phi) is 5.72. The van der Waals surface area contributed by atoms with Gasteiger partial charge in [-0.1, -0.05) is 19.8 Å². The molecule has 0 aromatic carbocycles. The molecule has 16 heavy (non-hydrogen) atoms. The van der Waals surface area contributed by atoms with E-state index in [2.05, 4.69) is 12.2 Å². The van der Waals surface area contributed by atoms with E-state index >= 15 is 0 Å². The summed E-state index contributed by atoms with van der Waals surface area (Å²) in [5.41, 5.74) is 0. The Morgan fingerprint density at radius 3 is 2.44 bits per heavy atom. The first-order chi connectivity index (χ1) is 7.47. The van der Waals surface area contributed by atoms with E-state index in [-0.39, 0.29) is 5.75 Å². The summed E-state index contributed by atoms with van der Waals surface area (Å²) in [4.78, 5) is 0.